The molecule has 26 heavy (non-hydrogen) atoms. The van der Waals surface area contributed by atoms with Crippen LogP contribution in [0, 0.1) is 6.92 Å². The molecule has 1 fully saturated rings. The number of anilines is 1. The summed E-state index contributed by atoms with van der Waals surface area (Å²) < 4.78 is 8.92. The molecule has 142 valence electrons. The van der Waals surface area contributed by atoms with Gasteiger partial charge >= 0.3 is 6.03 Å². The number of aromatic nitrogens is 5. The van der Waals surface area contributed by atoms with Gasteiger partial charge in [0, 0.05) is 19.2 Å². The molecule has 0 aliphatic heterocycles. The van der Waals surface area contributed by atoms with Gasteiger partial charge in [0.05, 0.1) is 24.9 Å². The molecule has 3 rings (SSSR count). The van der Waals surface area contributed by atoms with Crippen molar-refractivity contribution in [3.8, 4) is 0 Å². The van der Waals surface area contributed by atoms with Crippen LogP contribution < -0.4 is 10.6 Å². The van der Waals surface area contributed by atoms with E-state index in [-0.39, 0.29) is 12.1 Å². The van der Waals surface area contributed by atoms with E-state index in [1.54, 1.807) is 19.6 Å². The topological polar surface area (TPSA) is 98.9 Å². The molecule has 9 nitrogen and oxygen atoms in total. The molecule has 2 aromatic heterocycles. The minimum atomic E-state index is -0.280. The zero-order chi connectivity index (χ0) is 18.5. The van der Waals surface area contributed by atoms with Crippen molar-refractivity contribution in [2.75, 3.05) is 19.0 Å². The van der Waals surface area contributed by atoms with Crippen LogP contribution in [-0.2, 0) is 11.3 Å². The molecule has 1 atom stereocenters. The van der Waals surface area contributed by atoms with Crippen LogP contribution in [-0.4, -0.2) is 44.3 Å². The number of hydrogen-bond acceptors (Lipinski definition) is 5. The van der Waals surface area contributed by atoms with Crippen molar-refractivity contribution in [2.45, 2.75) is 58.2 Å². The molecule has 0 spiro atoms. The molecular weight excluding hydrogens is 334 g/mol. The number of carbonyl (C=O) groups is 1. The summed E-state index contributed by atoms with van der Waals surface area (Å²) in [5.74, 6) is 1.46. The zero-order valence-corrected chi connectivity index (χ0v) is 15.6. The second-order valence-corrected chi connectivity index (χ2v) is 6.75. The van der Waals surface area contributed by atoms with Crippen molar-refractivity contribution in [3.63, 3.8) is 0 Å². The first-order chi connectivity index (χ1) is 12.6. The number of nitrogens with zero attached hydrogens (tertiary/aromatic N) is 5. The number of amides is 2. The maximum Gasteiger partial charge on any atom is 0.320 e. The smallest absolute Gasteiger partial charge is 0.320 e. The zero-order valence-electron chi connectivity index (χ0n) is 15.6. The van der Waals surface area contributed by atoms with E-state index in [2.05, 4.69) is 25.9 Å². The lowest BCUT2D eigenvalue weighted by molar-refractivity contribution is 0.185. The van der Waals surface area contributed by atoms with Gasteiger partial charge in [0.15, 0.2) is 5.82 Å². The van der Waals surface area contributed by atoms with E-state index in [1.165, 1.54) is 12.8 Å². The van der Waals surface area contributed by atoms with Gasteiger partial charge in [0.25, 0.3) is 0 Å². The van der Waals surface area contributed by atoms with Crippen molar-refractivity contribution >= 4 is 11.8 Å². The average Bonchev–Trinajstić information content (AvgIpc) is 3.35. The molecule has 1 saturated carbocycles. The van der Waals surface area contributed by atoms with E-state index in [4.69, 9.17) is 4.74 Å². The molecule has 2 amide bonds. The molecule has 0 saturated heterocycles. The Labute approximate surface area is 153 Å². The first-order valence-electron chi connectivity index (χ1n) is 9.08. The van der Waals surface area contributed by atoms with E-state index in [9.17, 15) is 4.79 Å². The van der Waals surface area contributed by atoms with Gasteiger partial charge in [0.2, 0.25) is 0 Å². The summed E-state index contributed by atoms with van der Waals surface area (Å²) in [6, 6.07) is -0.187. The Kier molecular flexibility index (Phi) is 5.87. The lowest BCUT2D eigenvalue weighted by Crippen LogP contribution is -2.34. The van der Waals surface area contributed by atoms with Crippen molar-refractivity contribution in [1.29, 1.82) is 0 Å². The summed E-state index contributed by atoms with van der Waals surface area (Å²) in [6.07, 6.45) is 8.09. The van der Waals surface area contributed by atoms with E-state index >= 15 is 0 Å². The van der Waals surface area contributed by atoms with Crippen molar-refractivity contribution < 1.29 is 9.53 Å². The minimum Gasteiger partial charge on any atom is -0.383 e. The summed E-state index contributed by atoms with van der Waals surface area (Å²) in [7, 11) is 1.65. The van der Waals surface area contributed by atoms with Crippen LogP contribution in [0.5, 0.6) is 0 Å². The number of methoxy groups -OCH3 is 1. The third-order valence-corrected chi connectivity index (χ3v) is 4.80. The Morgan fingerprint density at radius 1 is 1.42 bits per heavy atom. The normalized spacial score (nSPS) is 16.0. The number of hydrogen-bond donors (Lipinski definition) is 2. The van der Waals surface area contributed by atoms with Crippen LogP contribution in [0.25, 0.3) is 0 Å². The average molecular weight is 361 g/mol. The van der Waals surface area contributed by atoms with E-state index in [0.717, 1.165) is 24.2 Å². The van der Waals surface area contributed by atoms with Crippen LogP contribution in [0.15, 0.2) is 12.5 Å². The highest BCUT2D eigenvalue weighted by molar-refractivity contribution is 5.89. The van der Waals surface area contributed by atoms with Crippen LogP contribution in [0.3, 0.4) is 0 Å². The van der Waals surface area contributed by atoms with Gasteiger partial charge in [-0.15, -0.1) is 10.2 Å². The molecule has 2 N–H and O–H groups in total. The summed E-state index contributed by atoms with van der Waals surface area (Å²) in [6.45, 7) is 5.04. The van der Waals surface area contributed by atoms with E-state index in [1.807, 2.05) is 23.1 Å². The quantitative estimate of drug-likeness (QED) is 0.789. The second-order valence-electron chi connectivity index (χ2n) is 6.75. The minimum absolute atomic E-state index is 0.276. The monoisotopic (exact) mass is 361 g/mol. The Morgan fingerprint density at radius 2 is 2.19 bits per heavy atom. The Balaban J connectivity index is 1.64. The number of rotatable bonds is 7. The van der Waals surface area contributed by atoms with Crippen molar-refractivity contribution in [3.05, 3.63) is 23.9 Å². The summed E-state index contributed by atoms with van der Waals surface area (Å²) in [4.78, 5) is 12.5. The van der Waals surface area contributed by atoms with Gasteiger partial charge in [-0.3, -0.25) is 5.32 Å². The third-order valence-electron chi connectivity index (χ3n) is 4.80. The molecule has 1 aliphatic rings. The van der Waals surface area contributed by atoms with Crippen LogP contribution in [0.1, 0.15) is 56.1 Å². The highest BCUT2D eigenvalue weighted by Gasteiger charge is 2.23. The number of ether oxygens (including phenoxy) is 1. The predicted octanol–water partition coefficient (Wildman–Crippen LogP) is 2.43. The third kappa shape index (κ3) is 4.04. The van der Waals surface area contributed by atoms with Gasteiger partial charge in [0.1, 0.15) is 12.1 Å². The SMILES string of the molecule is COCCn1cnnc1C(C)NC(=O)Nc1c(C)cnn1C1CCCC1. The van der Waals surface area contributed by atoms with Gasteiger partial charge < -0.3 is 14.6 Å². The molecule has 2 heterocycles. The number of urea groups is 1. The lowest BCUT2D eigenvalue weighted by atomic mass is 10.2. The largest absolute Gasteiger partial charge is 0.383 e. The first kappa shape index (κ1) is 18.4. The van der Waals surface area contributed by atoms with Crippen molar-refractivity contribution in [1.82, 2.24) is 29.9 Å². The van der Waals surface area contributed by atoms with Gasteiger partial charge in [-0.2, -0.15) is 5.10 Å². The number of nitrogens with one attached hydrogen (secondary N) is 2. The van der Waals surface area contributed by atoms with E-state index < -0.39 is 0 Å². The van der Waals surface area contributed by atoms with Crippen molar-refractivity contribution in [2.24, 2.45) is 0 Å². The molecule has 0 aromatic carbocycles. The number of carbonyl (C=O) groups excluding carboxylic acids is 1. The molecule has 0 bridgehead atoms. The number of aryl methyl sites for hydroxylation is 1. The first-order valence-corrected chi connectivity index (χ1v) is 9.08. The fourth-order valence-electron chi connectivity index (χ4n) is 3.40. The fourth-order valence-corrected chi connectivity index (χ4v) is 3.40. The molecule has 2 aromatic rings. The van der Waals surface area contributed by atoms with Gasteiger partial charge in [-0.25, -0.2) is 9.48 Å². The summed E-state index contributed by atoms with van der Waals surface area (Å²) >= 11 is 0. The van der Waals surface area contributed by atoms with Gasteiger partial charge in [-0.1, -0.05) is 12.8 Å². The maximum atomic E-state index is 12.5. The van der Waals surface area contributed by atoms with Crippen LogP contribution in [0.2, 0.25) is 0 Å². The van der Waals surface area contributed by atoms with Crippen LogP contribution >= 0.6 is 0 Å². The highest BCUT2D eigenvalue weighted by Crippen LogP contribution is 2.32. The van der Waals surface area contributed by atoms with E-state index in [0.29, 0.717) is 25.0 Å². The second kappa shape index (κ2) is 8.31. The standard InChI is InChI=1S/C17H27N7O2/c1-12-10-19-24(14-6-4-5-7-14)15(12)21-17(25)20-13(2)16-22-18-11-23(16)8-9-26-3/h10-11,13-14H,4-9H2,1-3H3,(H2,20,21,25). The van der Waals surface area contributed by atoms with Crippen LogP contribution in [0.4, 0.5) is 10.6 Å². The van der Waals surface area contributed by atoms with Gasteiger partial charge in [-0.05, 0) is 26.7 Å². The lowest BCUT2D eigenvalue weighted by Gasteiger charge is -2.18. The Morgan fingerprint density at radius 3 is 2.92 bits per heavy atom. The maximum absolute atomic E-state index is 12.5. The fraction of sp³-hybridized carbons (Fsp3) is 0.647. The summed E-state index contributed by atoms with van der Waals surface area (Å²) in [5.41, 5.74) is 0.961. The molecule has 1 aliphatic carbocycles. The Hall–Kier alpha value is -2.42. The predicted molar refractivity (Wildman–Crippen MR) is 96.9 cm³/mol. The summed E-state index contributed by atoms with van der Waals surface area (Å²) in [5, 5.41) is 18.4. The molecule has 9 heteroatoms. The Bertz CT molecular complexity index is 733. The molecular formula is C17H27N7O2. The highest BCUT2D eigenvalue weighted by atomic mass is 16.5. The molecule has 0 radical (unpaired) electrons. The molecule has 1 unspecified atom stereocenters.